The Morgan fingerprint density at radius 1 is 1.16 bits per heavy atom. The molecule has 2 fully saturated rings. The monoisotopic (exact) mass is 439 g/mol. The molecule has 6 heteroatoms. The number of hydrogen-bond donors (Lipinski definition) is 3. The van der Waals surface area contributed by atoms with Gasteiger partial charge in [0.05, 0.1) is 24.1 Å². The van der Waals surface area contributed by atoms with Gasteiger partial charge < -0.3 is 20.2 Å². The van der Waals surface area contributed by atoms with Crippen LogP contribution in [0, 0.1) is 16.7 Å². The summed E-state index contributed by atoms with van der Waals surface area (Å²) in [4.78, 5) is 17.2. The Morgan fingerprint density at radius 2 is 2.00 bits per heavy atom. The minimum Gasteiger partial charge on any atom is -0.467 e. The van der Waals surface area contributed by atoms with Crippen LogP contribution < -0.4 is 10.6 Å². The normalized spacial score (nSPS) is 31.2. The van der Waals surface area contributed by atoms with E-state index in [1.807, 2.05) is 43.5 Å². The lowest BCUT2D eigenvalue weighted by Crippen LogP contribution is -2.51. The summed E-state index contributed by atoms with van der Waals surface area (Å²) in [7, 11) is 0. The predicted octanol–water partition coefficient (Wildman–Crippen LogP) is 4.20. The third-order valence-corrected chi connectivity index (χ3v) is 7.95. The van der Waals surface area contributed by atoms with Crippen molar-refractivity contribution >= 4 is 5.91 Å². The highest BCUT2D eigenvalue weighted by atomic mass is 16.3. The van der Waals surface area contributed by atoms with E-state index in [4.69, 9.17) is 4.42 Å². The summed E-state index contributed by atoms with van der Waals surface area (Å²) in [5.74, 6) is 1.18. The largest absolute Gasteiger partial charge is 0.467 e. The van der Waals surface area contributed by atoms with Crippen LogP contribution in [0.2, 0.25) is 0 Å². The SMILES string of the molecule is CC1(C)C[C@H](NCc2ccccn2)[C@@]2(CCC(=O)NCc3ccco3)CC[C@](C)(O)C[C@@H]12. The number of amides is 1. The van der Waals surface area contributed by atoms with Crippen LogP contribution in [0.15, 0.2) is 47.2 Å². The molecule has 174 valence electrons. The maximum atomic E-state index is 12.7. The molecule has 2 aliphatic rings. The van der Waals surface area contributed by atoms with Crippen molar-refractivity contribution in [1.82, 2.24) is 15.6 Å². The molecule has 4 rings (SSSR count). The average Bonchev–Trinajstić information content (AvgIpc) is 3.35. The van der Waals surface area contributed by atoms with Crippen molar-refractivity contribution in [3.63, 3.8) is 0 Å². The molecule has 0 radical (unpaired) electrons. The van der Waals surface area contributed by atoms with E-state index in [0.717, 1.165) is 50.1 Å². The van der Waals surface area contributed by atoms with Gasteiger partial charge in [0.25, 0.3) is 0 Å². The van der Waals surface area contributed by atoms with E-state index in [9.17, 15) is 9.90 Å². The van der Waals surface area contributed by atoms with Crippen molar-refractivity contribution in [2.75, 3.05) is 0 Å². The number of nitrogens with zero attached hydrogens (tertiary/aromatic N) is 1. The number of hydrogen-bond acceptors (Lipinski definition) is 5. The second-order valence-electron chi connectivity index (χ2n) is 10.8. The first-order valence-corrected chi connectivity index (χ1v) is 11.9. The lowest BCUT2D eigenvalue weighted by atomic mass is 9.57. The van der Waals surface area contributed by atoms with Crippen LogP contribution in [0.5, 0.6) is 0 Å². The second-order valence-corrected chi connectivity index (χ2v) is 10.8. The Morgan fingerprint density at radius 3 is 2.72 bits per heavy atom. The fourth-order valence-electron chi connectivity index (χ4n) is 6.28. The molecule has 1 amide bonds. The van der Waals surface area contributed by atoms with Crippen LogP contribution in [0.3, 0.4) is 0 Å². The number of aromatic nitrogens is 1. The van der Waals surface area contributed by atoms with Crippen LogP contribution in [-0.4, -0.2) is 27.6 Å². The number of pyridine rings is 1. The molecule has 0 unspecified atom stereocenters. The van der Waals surface area contributed by atoms with E-state index in [1.165, 1.54) is 0 Å². The lowest BCUT2D eigenvalue weighted by molar-refractivity contribution is -0.123. The molecule has 2 aromatic heterocycles. The van der Waals surface area contributed by atoms with Crippen LogP contribution in [0.4, 0.5) is 0 Å². The first kappa shape index (κ1) is 23.0. The Labute approximate surface area is 191 Å². The quantitative estimate of drug-likeness (QED) is 0.574. The number of furan rings is 1. The Balaban J connectivity index is 1.49. The van der Waals surface area contributed by atoms with Gasteiger partial charge in [-0.2, -0.15) is 0 Å². The van der Waals surface area contributed by atoms with Gasteiger partial charge in [-0.1, -0.05) is 19.9 Å². The summed E-state index contributed by atoms with van der Waals surface area (Å²) in [5, 5.41) is 17.7. The van der Waals surface area contributed by atoms with Crippen molar-refractivity contribution in [2.24, 2.45) is 16.7 Å². The van der Waals surface area contributed by atoms with Gasteiger partial charge in [0.2, 0.25) is 5.91 Å². The van der Waals surface area contributed by atoms with Gasteiger partial charge in [-0.15, -0.1) is 0 Å². The Bertz CT molecular complexity index is 894. The number of aliphatic hydroxyl groups is 1. The van der Waals surface area contributed by atoms with Gasteiger partial charge >= 0.3 is 0 Å². The number of carbonyl (C=O) groups is 1. The molecule has 0 spiro atoms. The number of nitrogens with one attached hydrogen (secondary N) is 2. The molecular weight excluding hydrogens is 402 g/mol. The van der Waals surface area contributed by atoms with Crippen molar-refractivity contribution in [1.29, 1.82) is 0 Å². The van der Waals surface area contributed by atoms with E-state index in [-0.39, 0.29) is 16.7 Å². The smallest absolute Gasteiger partial charge is 0.220 e. The maximum absolute atomic E-state index is 12.7. The molecule has 3 N–H and O–H groups in total. The molecule has 2 heterocycles. The molecule has 6 nitrogen and oxygen atoms in total. The summed E-state index contributed by atoms with van der Waals surface area (Å²) in [5.41, 5.74) is 0.477. The summed E-state index contributed by atoms with van der Waals surface area (Å²) in [6, 6.07) is 9.99. The number of carbonyl (C=O) groups excluding carboxylic acids is 1. The molecule has 32 heavy (non-hydrogen) atoms. The van der Waals surface area contributed by atoms with Gasteiger partial charge in [-0.05, 0) is 80.0 Å². The van der Waals surface area contributed by atoms with E-state index < -0.39 is 5.60 Å². The number of rotatable bonds is 8. The van der Waals surface area contributed by atoms with Crippen molar-refractivity contribution < 1.29 is 14.3 Å². The third kappa shape index (κ3) is 4.91. The van der Waals surface area contributed by atoms with Gasteiger partial charge in [0.15, 0.2) is 0 Å². The summed E-state index contributed by atoms with van der Waals surface area (Å²) < 4.78 is 5.33. The third-order valence-electron chi connectivity index (χ3n) is 7.95. The first-order chi connectivity index (χ1) is 15.2. The lowest BCUT2D eigenvalue weighted by Gasteiger charge is -2.51. The molecular formula is C26H37N3O3. The van der Waals surface area contributed by atoms with E-state index in [2.05, 4.69) is 29.5 Å². The van der Waals surface area contributed by atoms with E-state index in [0.29, 0.717) is 24.9 Å². The van der Waals surface area contributed by atoms with Gasteiger partial charge in [0.1, 0.15) is 5.76 Å². The number of fused-ring (bicyclic) bond motifs is 1. The first-order valence-electron chi connectivity index (χ1n) is 11.9. The standard InChI is InChI=1S/C26H37N3O3/c1-24(2)16-22(28-17-19-7-4-5-13-27-19)26(12-11-25(3,31)15-21(24)26)10-9-23(30)29-18-20-8-6-14-32-20/h4-8,13-14,21-22,28,31H,9-12,15-18H2,1-3H3,(H,29,30)/t21-,22-,25-,26-/m0/s1. The molecule has 2 aromatic rings. The molecule has 0 aliphatic heterocycles. The van der Waals surface area contributed by atoms with Crippen LogP contribution >= 0.6 is 0 Å². The van der Waals surface area contributed by atoms with Gasteiger partial charge in [0, 0.05) is 25.2 Å². The van der Waals surface area contributed by atoms with E-state index in [1.54, 1.807) is 6.26 Å². The van der Waals surface area contributed by atoms with Crippen LogP contribution in [-0.2, 0) is 17.9 Å². The van der Waals surface area contributed by atoms with Crippen LogP contribution in [0.1, 0.15) is 70.8 Å². The summed E-state index contributed by atoms with van der Waals surface area (Å²) >= 11 is 0. The Hall–Kier alpha value is -2.18. The predicted molar refractivity (Wildman–Crippen MR) is 123 cm³/mol. The minimum absolute atomic E-state index is 0.0114. The second kappa shape index (κ2) is 8.99. The molecule has 4 atom stereocenters. The van der Waals surface area contributed by atoms with Gasteiger partial charge in [-0.3, -0.25) is 9.78 Å². The zero-order valence-electron chi connectivity index (χ0n) is 19.6. The molecule has 0 saturated heterocycles. The molecule has 2 saturated carbocycles. The van der Waals surface area contributed by atoms with E-state index >= 15 is 0 Å². The van der Waals surface area contributed by atoms with Gasteiger partial charge in [-0.25, -0.2) is 0 Å². The van der Waals surface area contributed by atoms with Crippen molar-refractivity contribution in [3.8, 4) is 0 Å². The molecule has 2 aliphatic carbocycles. The topological polar surface area (TPSA) is 87.4 Å². The minimum atomic E-state index is -0.636. The Kier molecular flexibility index (Phi) is 6.46. The summed E-state index contributed by atoms with van der Waals surface area (Å²) in [6.45, 7) is 7.76. The maximum Gasteiger partial charge on any atom is 0.220 e. The zero-order chi connectivity index (χ0) is 22.8. The summed E-state index contributed by atoms with van der Waals surface area (Å²) in [6.07, 6.45) is 8.28. The highest BCUT2D eigenvalue weighted by Gasteiger charge is 2.61. The van der Waals surface area contributed by atoms with Crippen molar-refractivity contribution in [2.45, 2.75) is 84.0 Å². The van der Waals surface area contributed by atoms with Crippen LogP contribution in [0.25, 0.3) is 0 Å². The fraction of sp³-hybridized carbons (Fsp3) is 0.615. The molecule has 0 aromatic carbocycles. The highest BCUT2D eigenvalue weighted by molar-refractivity contribution is 5.75. The highest BCUT2D eigenvalue weighted by Crippen LogP contribution is 2.63. The molecule has 0 bridgehead atoms. The fourth-order valence-corrected chi connectivity index (χ4v) is 6.28. The zero-order valence-corrected chi connectivity index (χ0v) is 19.6. The van der Waals surface area contributed by atoms with Crippen molar-refractivity contribution in [3.05, 3.63) is 54.2 Å². The average molecular weight is 440 g/mol.